The van der Waals surface area contributed by atoms with Crippen LogP contribution in [0.4, 0.5) is 0 Å². The van der Waals surface area contributed by atoms with Gasteiger partial charge in [0.15, 0.2) is 0 Å². The summed E-state index contributed by atoms with van der Waals surface area (Å²) < 4.78 is 0. The summed E-state index contributed by atoms with van der Waals surface area (Å²) in [7, 11) is 0. The van der Waals surface area contributed by atoms with E-state index in [-0.39, 0.29) is 0 Å². The van der Waals surface area contributed by atoms with Crippen LogP contribution >= 0.6 is 0 Å². The predicted octanol–water partition coefficient (Wildman–Crippen LogP) is 3.24. The second kappa shape index (κ2) is 5.15. The fourth-order valence-electron chi connectivity index (χ4n) is 6.48. The molecule has 4 saturated carbocycles. The molecule has 120 valence electrons. The molecular formula is C17H31N3O. The van der Waals surface area contributed by atoms with Crippen molar-refractivity contribution in [3.8, 4) is 0 Å². The highest BCUT2D eigenvalue weighted by Crippen LogP contribution is 2.66. The highest BCUT2D eigenvalue weighted by Gasteiger charge is 2.59. The van der Waals surface area contributed by atoms with Gasteiger partial charge in [0.2, 0.25) is 0 Å². The number of hydrogen-bond donors (Lipinski definition) is 3. The molecule has 0 heterocycles. The van der Waals surface area contributed by atoms with E-state index in [0.29, 0.717) is 28.6 Å². The van der Waals surface area contributed by atoms with Gasteiger partial charge in [-0.25, -0.2) is 0 Å². The monoisotopic (exact) mass is 293 g/mol. The molecule has 4 nitrogen and oxygen atoms in total. The number of unbranched alkanes of at least 4 members (excludes halogenated alkanes) is 1. The van der Waals surface area contributed by atoms with Gasteiger partial charge in [-0.1, -0.05) is 19.0 Å². The minimum atomic E-state index is 0.352. The summed E-state index contributed by atoms with van der Waals surface area (Å²) >= 11 is 0. The fraction of sp³-hybridized carbons (Fsp3) is 0.941. The minimum Gasteiger partial charge on any atom is -0.409 e. The number of rotatable bonds is 6. The minimum absolute atomic E-state index is 0.352. The average Bonchev–Trinajstić information content (AvgIpc) is 2.33. The molecule has 4 aliphatic carbocycles. The molecule has 0 aromatic rings. The van der Waals surface area contributed by atoms with Crippen molar-refractivity contribution >= 4 is 5.84 Å². The van der Waals surface area contributed by atoms with E-state index in [4.69, 9.17) is 10.9 Å². The van der Waals surface area contributed by atoms with Crippen molar-refractivity contribution in [3.63, 3.8) is 0 Å². The maximum Gasteiger partial charge on any atom is 0.139 e. The van der Waals surface area contributed by atoms with Crippen molar-refractivity contribution in [2.45, 2.75) is 77.2 Å². The van der Waals surface area contributed by atoms with Crippen LogP contribution in [0.25, 0.3) is 0 Å². The molecular weight excluding hydrogens is 262 g/mol. The molecule has 21 heavy (non-hydrogen) atoms. The third kappa shape index (κ3) is 3.05. The topological polar surface area (TPSA) is 70.6 Å². The number of nitrogens with two attached hydrogens (primary N) is 1. The van der Waals surface area contributed by atoms with E-state index in [1.807, 2.05) is 0 Å². The van der Waals surface area contributed by atoms with E-state index < -0.39 is 0 Å². The molecule has 4 fully saturated rings. The first-order valence-electron chi connectivity index (χ1n) is 8.58. The Bertz CT molecular complexity index is 416. The van der Waals surface area contributed by atoms with Gasteiger partial charge in [-0.3, -0.25) is 0 Å². The number of nitrogens with zero attached hydrogens (tertiary/aromatic N) is 1. The van der Waals surface area contributed by atoms with E-state index in [1.54, 1.807) is 0 Å². The Morgan fingerprint density at radius 2 is 1.81 bits per heavy atom. The second-order valence-electron chi connectivity index (χ2n) is 8.89. The van der Waals surface area contributed by atoms with Crippen LogP contribution in [0.5, 0.6) is 0 Å². The SMILES string of the molecule is CC12CC3CC(C)(C1)CC(NCCCCC(N)=NO)(C3)C2. The van der Waals surface area contributed by atoms with Crippen LogP contribution in [0.1, 0.15) is 71.6 Å². The molecule has 4 aliphatic rings. The first-order chi connectivity index (χ1) is 9.86. The summed E-state index contributed by atoms with van der Waals surface area (Å²) in [5.74, 6) is 1.30. The predicted molar refractivity (Wildman–Crippen MR) is 85.4 cm³/mol. The van der Waals surface area contributed by atoms with Crippen LogP contribution in [0.3, 0.4) is 0 Å². The Labute approximate surface area is 128 Å². The molecule has 4 bridgehead atoms. The van der Waals surface area contributed by atoms with E-state index in [2.05, 4.69) is 24.3 Å². The normalized spacial score (nSPS) is 45.2. The van der Waals surface area contributed by atoms with Gasteiger partial charge in [0.1, 0.15) is 5.84 Å². The molecule has 4 N–H and O–H groups in total. The molecule has 0 spiro atoms. The summed E-state index contributed by atoms with van der Waals surface area (Å²) in [5.41, 5.74) is 7.08. The Morgan fingerprint density at radius 3 is 2.38 bits per heavy atom. The molecule has 0 aromatic heterocycles. The molecule has 0 saturated heterocycles. The van der Waals surface area contributed by atoms with Crippen molar-refractivity contribution < 1.29 is 5.21 Å². The third-order valence-corrected chi connectivity index (χ3v) is 6.11. The standard InChI is InChI=1S/C17H31N3O/c1-15-7-13-8-16(2,10-15)12-17(9-13,11-15)19-6-4-3-5-14(18)20-21/h13,19,21H,3-12H2,1-2H3,(H2,18,20). The Morgan fingerprint density at radius 1 is 1.14 bits per heavy atom. The van der Waals surface area contributed by atoms with Crippen LogP contribution in [-0.2, 0) is 0 Å². The van der Waals surface area contributed by atoms with Gasteiger partial charge in [-0.05, 0) is 74.7 Å². The van der Waals surface area contributed by atoms with Crippen LogP contribution in [0.15, 0.2) is 5.16 Å². The van der Waals surface area contributed by atoms with Crippen molar-refractivity contribution in [1.82, 2.24) is 5.32 Å². The van der Waals surface area contributed by atoms with Gasteiger partial charge >= 0.3 is 0 Å². The van der Waals surface area contributed by atoms with E-state index in [0.717, 1.165) is 25.3 Å². The number of amidine groups is 1. The van der Waals surface area contributed by atoms with Gasteiger partial charge in [-0.2, -0.15) is 0 Å². The fourth-order valence-corrected chi connectivity index (χ4v) is 6.48. The molecule has 2 atom stereocenters. The Hall–Kier alpha value is -0.770. The van der Waals surface area contributed by atoms with Gasteiger partial charge in [-0.15, -0.1) is 0 Å². The lowest BCUT2D eigenvalue weighted by Gasteiger charge is -2.65. The second-order valence-corrected chi connectivity index (χ2v) is 8.89. The zero-order valence-electron chi connectivity index (χ0n) is 13.6. The first kappa shape index (κ1) is 15.1. The van der Waals surface area contributed by atoms with Gasteiger partial charge in [0, 0.05) is 12.0 Å². The van der Waals surface area contributed by atoms with Gasteiger partial charge in [0.05, 0.1) is 0 Å². The largest absolute Gasteiger partial charge is 0.409 e. The smallest absolute Gasteiger partial charge is 0.139 e. The molecule has 0 aromatic carbocycles. The zero-order chi connectivity index (χ0) is 15.1. The van der Waals surface area contributed by atoms with Gasteiger partial charge < -0.3 is 16.3 Å². The molecule has 0 amide bonds. The number of hydrogen-bond acceptors (Lipinski definition) is 3. The lowest BCUT2D eigenvalue weighted by atomic mass is 9.43. The van der Waals surface area contributed by atoms with E-state index in [1.165, 1.54) is 38.5 Å². The summed E-state index contributed by atoms with van der Waals surface area (Å²) in [6.45, 7) is 6.10. The maximum atomic E-state index is 8.55. The quantitative estimate of drug-likeness (QED) is 0.231. The average molecular weight is 293 g/mol. The van der Waals surface area contributed by atoms with E-state index >= 15 is 0 Å². The van der Waals surface area contributed by atoms with Gasteiger partial charge in [0.25, 0.3) is 0 Å². The van der Waals surface area contributed by atoms with Crippen molar-refractivity contribution in [3.05, 3.63) is 0 Å². The molecule has 4 heteroatoms. The summed E-state index contributed by atoms with van der Waals surface area (Å²) in [5, 5.41) is 15.5. The summed E-state index contributed by atoms with van der Waals surface area (Å²) in [6, 6.07) is 0. The number of nitrogens with one attached hydrogen (secondary N) is 1. The van der Waals surface area contributed by atoms with Crippen molar-refractivity contribution in [1.29, 1.82) is 0 Å². The number of oxime groups is 1. The van der Waals surface area contributed by atoms with Crippen LogP contribution in [0, 0.1) is 16.7 Å². The van der Waals surface area contributed by atoms with Crippen LogP contribution < -0.4 is 11.1 Å². The third-order valence-electron chi connectivity index (χ3n) is 6.11. The molecule has 0 radical (unpaired) electrons. The van der Waals surface area contributed by atoms with Crippen molar-refractivity contribution in [2.75, 3.05) is 6.54 Å². The van der Waals surface area contributed by atoms with E-state index in [9.17, 15) is 0 Å². The van der Waals surface area contributed by atoms with Crippen LogP contribution in [0.2, 0.25) is 0 Å². The Kier molecular flexibility index (Phi) is 3.71. The Balaban J connectivity index is 1.53. The van der Waals surface area contributed by atoms with Crippen LogP contribution in [-0.4, -0.2) is 23.1 Å². The maximum absolute atomic E-state index is 8.55. The zero-order valence-corrected chi connectivity index (χ0v) is 13.6. The summed E-state index contributed by atoms with van der Waals surface area (Å²) in [4.78, 5) is 0. The van der Waals surface area contributed by atoms with Crippen molar-refractivity contribution in [2.24, 2.45) is 27.6 Å². The molecule has 2 unspecified atom stereocenters. The molecule has 4 rings (SSSR count). The highest BCUT2D eigenvalue weighted by molar-refractivity contribution is 5.79. The lowest BCUT2D eigenvalue weighted by Crippen LogP contribution is -2.64. The summed E-state index contributed by atoms with van der Waals surface area (Å²) in [6.07, 6.45) is 11.3. The lowest BCUT2D eigenvalue weighted by molar-refractivity contribution is -0.117. The highest BCUT2D eigenvalue weighted by atomic mass is 16.4. The molecule has 0 aliphatic heterocycles. The first-order valence-corrected chi connectivity index (χ1v) is 8.58.